The third-order valence-corrected chi connectivity index (χ3v) is 4.00. The maximum absolute atomic E-state index is 13.5. The van der Waals surface area contributed by atoms with Crippen LogP contribution in [0.25, 0.3) is 10.1 Å². The molecule has 0 radical (unpaired) electrons. The molecule has 0 aliphatic heterocycles. The van der Waals surface area contributed by atoms with Crippen molar-refractivity contribution in [2.24, 2.45) is 0 Å². The van der Waals surface area contributed by atoms with E-state index in [1.165, 1.54) is 16.9 Å². The van der Waals surface area contributed by atoms with Crippen LogP contribution in [0.3, 0.4) is 0 Å². The Labute approximate surface area is 94.9 Å². The number of rotatable bonds is 2. The molecular weight excluding hydrogens is 263 g/mol. The van der Waals surface area contributed by atoms with Gasteiger partial charge in [-0.25, -0.2) is 4.39 Å². The molecule has 2 rings (SSSR count). The predicted molar refractivity (Wildman–Crippen MR) is 63.8 cm³/mol. The van der Waals surface area contributed by atoms with Crippen LogP contribution in [0.5, 0.6) is 0 Å². The van der Waals surface area contributed by atoms with Crippen molar-refractivity contribution in [1.82, 2.24) is 0 Å². The molecule has 14 heavy (non-hydrogen) atoms. The zero-order chi connectivity index (χ0) is 10.1. The molecule has 0 bridgehead atoms. The molecule has 0 aliphatic rings. The summed E-state index contributed by atoms with van der Waals surface area (Å²) < 4.78 is 14.6. The van der Waals surface area contributed by atoms with Crippen LogP contribution >= 0.6 is 27.3 Å². The molecule has 0 N–H and O–H groups in total. The van der Waals surface area contributed by atoms with Gasteiger partial charge in [-0.05, 0) is 17.5 Å². The van der Waals surface area contributed by atoms with Gasteiger partial charge in [0.2, 0.25) is 0 Å². The third kappa shape index (κ3) is 1.48. The van der Waals surface area contributed by atoms with Crippen molar-refractivity contribution in [1.29, 1.82) is 0 Å². The largest absolute Gasteiger partial charge is 0.205 e. The normalized spacial score (nSPS) is 11.1. The van der Waals surface area contributed by atoms with E-state index in [4.69, 9.17) is 0 Å². The van der Waals surface area contributed by atoms with Gasteiger partial charge in [0.15, 0.2) is 0 Å². The van der Waals surface area contributed by atoms with Crippen LogP contribution in [0.4, 0.5) is 4.39 Å². The number of aryl methyl sites for hydroxylation is 1. The molecule has 0 nitrogen and oxygen atoms in total. The zero-order valence-electron chi connectivity index (χ0n) is 7.81. The lowest BCUT2D eigenvalue weighted by Crippen LogP contribution is -1.86. The molecule has 0 saturated carbocycles. The molecule has 0 saturated heterocycles. The van der Waals surface area contributed by atoms with Gasteiger partial charge in [-0.3, -0.25) is 0 Å². The SMILES string of the molecule is CCc1ccc(CBr)c2scc(F)c12. The molecule has 74 valence electrons. The molecule has 2 aromatic rings. The Kier molecular flexibility index (Phi) is 2.88. The molecule has 0 fully saturated rings. The highest BCUT2D eigenvalue weighted by molar-refractivity contribution is 9.08. The van der Waals surface area contributed by atoms with Crippen molar-refractivity contribution in [2.75, 3.05) is 0 Å². The highest BCUT2D eigenvalue weighted by Gasteiger charge is 2.10. The van der Waals surface area contributed by atoms with Crippen LogP contribution in [-0.2, 0) is 11.8 Å². The Balaban J connectivity index is 2.81. The third-order valence-electron chi connectivity index (χ3n) is 2.37. The Bertz CT molecular complexity index is 462. The van der Waals surface area contributed by atoms with Crippen LogP contribution in [0.1, 0.15) is 18.1 Å². The Hall–Kier alpha value is -0.410. The summed E-state index contributed by atoms with van der Waals surface area (Å²) >= 11 is 4.91. The summed E-state index contributed by atoms with van der Waals surface area (Å²) in [5.74, 6) is -0.0790. The number of hydrogen-bond donors (Lipinski definition) is 0. The number of hydrogen-bond acceptors (Lipinski definition) is 1. The van der Waals surface area contributed by atoms with E-state index in [-0.39, 0.29) is 5.82 Å². The Morgan fingerprint density at radius 2 is 2.07 bits per heavy atom. The topological polar surface area (TPSA) is 0 Å². The quantitative estimate of drug-likeness (QED) is 0.707. The molecule has 1 aromatic heterocycles. The molecule has 0 spiro atoms. The van der Waals surface area contributed by atoms with E-state index in [9.17, 15) is 4.39 Å². The summed E-state index contributed by atoms with van der Waals surface area (Å²) in [4.78, 5) is 0. The van der Waals surface area contributed by atoms with E-state index < -0.39 is 0 Å². The van der Waals surface area contributed by atoms with Gasteiger partial charge in [0.25, 0.3) is 0 Å². The van der Waals surface area contributed by atoms with Gasteiger partial charge < -0.3 is 0 Å². The Morgan fingerprint density at radius 3 is 2.71 bits per heavy atom. The summed E-state index contributed by atoms with van der Waals surface area (Å²) in [6.45, 7) is 2.06. The van der Waals surface area contributed by atoms with E-state index in [1.807, 2.05) is 6.07 Å². The van der Waals surface area contributed by atoms with E-state index in [1.54, 1.807) is 5.38 Å². The van der Waals surface area contributed by atoms with Crippen LogP contribution in [0.15, 0.2) is 17.5 Å². The van der Waals surface area contributed by atoms with Gasteiger partial charge >= 0.3 is 0 Å². The van der Waals surface area contributed by atoms with Crippen molar-refractivity contribution in [3.05, 3.63) is 34.5 Å². The number of fused-ring (bicyclic) bond motifs is 1. The van der Waals surface area contributed by atoms with Crippen LogP contribution in [0, 0.1) is 5.82 Å². The highest BCUT2D eigenvalue weighted by atomic mass is 79.9. The monoisotopic (exact) mass is 272 g/mol. The lowest BCUT2D eigenvalue weighted by Gasteiger charge is -2.03. The maximum atomic E-state index is 13.5. The van der Waals surface area contributed by atoms with Gasteiger partial charge in [-0.2, -0.15) is 0 Å². The van der Waals surface area contributed by atoms with E-state index in [0.29, 0.717) is 0 Å². The first kappa shape index (κ1) is 10.1. The lowest BCUT2D eigenvalue weighted by molar-refractivity contribution is 0.643. The smallest absolute Gasteiger partial charge is 0.142 e. The number of alkyl halides is 1. The molecule has 1 heterocycles. The summed E-state index contributed by atoms with van der Waals surface area (Å²) in [7, 11) is 0. The number of thiophene rings is 1. The van der Waals surface area contributed by atoms with Gasteiger partial charge in [0.05, 0.1) is 0 Å². The fourth-order valence-electron chi connectivity index (χ4n) is 1.63. The lowest BCUT2D eigenvalue weighted by atomic mass is 10.1. The Morgan fingerprint density at radius 1 is 1.36 bits per heavy atom. The van der Waals surface area contributed by atoms with Gasteiger partial charge in [0.1, 0.15) is 5.82 Å². The van der Waals surface area contributed by atoms with Crippen LogP contribution < -0.4 is 0 Å². The second-order valence-electron chi connectivity index (χ2n) is 3.16. The maximum Gasteiger partial charge on any atom is 0.142 e. The standard InChI is InChI=1S/C11H10BrFS/c1-2-7-3-4-8(5-12)11-10(7)9(13)6-14-11/h3-4,6H,2,5H2,1H3. The van der Waals surface area contributed by atoms with E-state index in [2.05, 4.69) is 28.9 Å². The number of halogens is 2. The number of benzene rings is 1. The second kappa shape index (κ2) is 3.99. The predicted octanol–water partition coefficient (Wildman–Crippen LogP) is 4.50. The van der Waals surface area contributed by atoms with Crippen molar-refractivity contribution < 1.29 is 4.39 Å². The summed E-state index contributed by atoms with van der Waals surface area (Å²) in [5.41, 5.74) is 2.27. The minimum Gasteiger partial charge on any atom is -0.205 e. The molecule has 0 aliphatic carbocycles. The molecule has 3 heteroatoms. The summed E-state index contributed by atoms with van der Waals surface area (Å²) in [6.07, 6.45) is 0.882. The molecule has 0 amide bonds. The summed E-state index contributed by atoms with van der Waals surface area (Å²) in [6, 6.07) is 4.10. The van der Waals surface area contributed by atoms with Crippen molar-refractivity contribution in [3.8, 4) is 0 Å². The first-order valence-corrected chi connectivity index (χ1v) is 6.51. The van der Waals surface area contributed by atoms with Crippen molar-refractivity contribution >= 4 is 37.4 Å². The van der Waals surface area contributed by atoms with Crippen LogP contribution in [0.2, 0.25) is 0 Å². The average molecular weight is 273 g/mol. The molecule has 0 unspecified atom stereocenters. The van der Waals surface area contributed by atoms with E-state index >= 15 is 0 Å². The van der Waals surface area contributed by atoms with Crippen molar-refractivity contribution in [3.63, 3.8) is 0 Å². The molecular formula is C11H10BrFS. The highest BCUT2D eigenvalue weighted by Crippen LogP contribution is 2.32. The molecule has 0 atom stereocenters. The zero-order valence-corrected chi connectivity index (χ0v) is 10.2. The summed E-state index contributed by atoms with van der Waals surface area (Å²) in [5, 5.41) is 3.19. The first-order valence-electron chi connectivity index (χ1n) is 4.51. The van der Waals surface area contributed by atoms with Gasteiger partial charge in [0, 0.05) is 20.8 Å². The fourth-order valence-corrected chi connectivity index (χ4v) is 3.26. The van der Waals surface area contributed by atoms with Gasteiger partial charge in [-0.1, -0.05) is 35.0 Å². The van der Waals surface area contributed by atoms with Crippen molar-refractivity contribution in [2.45, 2.75) is 18.7 Å². The average Bonchev–Trinajstić information content (AvgIpc) is 2.60. The van der Waals surface area contributed by atoms with Crippen LogP contribution in [-0.4, -0.2) is 0 Å². The first-order chi connectivity index (χ1) is 6.77. The molecule has 1 aromatic carbocycles. The minimum atomic E-state index is -0.0790. The fraction of sp³-hybridized carbons (Fsp3) is 0.273. The second-order valence-corrected chi connectivity index (χ2v) is 4.60. The van der Waals surface area contributed by atoms with Gasteiger partial charge in [-0.15, -0.1) is 11.3 Å². The van der Waals surface area contributed by atoms with E-state index in [0.717, 1.165) is 27.4 Å². The minimum absolute atomic E-state index is 0.0790.